The monoisotopic (exact) mass is 401 g/mol. The van der Waals surface area contributed by atoms with Crippen molar-refractivity contribution in [3.8, 4) is 0 Å². The summed E-state index contributed by atoms with van der Waals surface area (Å²) >= 11 is 8.44. The standard InChI is InChI=1S/C14H13Br2NOS/c15-11-1-3-14(4-2-11)19-9-13(18)6-10-5-12(16)8-17-7-10/h1-5,7-8,13,18H,6,9H2. The van der Waals surface area contributed by atoms with Crippen LogP contribution in [0.15, 0.2) is 56.6 Å². The third-order valence-corrected chi connectivity index (χ3v) is 4.61. The summed E-state index contributed by atoms with van der Waals surface area (Å²) in [4.78, 5) is 5.26. The Morgan fingerprint density at radius 2 is 1.84 bits per heavy atom. The third kappa shape index (κ3) is 5.26. The first kappa shape index (κ1) is 15.0. The van der Waals surface area contributed by atoms with Gasteiger partial charge in [0.15, 0.2) is 0 Å². The zero-order valence-corrected chi connectivity index (χ0v) is 14.1. The molecule has 0 aliphatic rings. The molecule has 0 spiro atoms. The fourth-order valence-electron chi connectivity index (χ4n) is 1.62. The van der Waals surface area contributed by atoms with Gasteiger partial charge in [-0.15, -0.1) is 11.8 Å². The summed E-state index contributed by atoms with van der Waals surface area (Å²) in [5.41, 5.74) is 1.04. The minimum atomic E-state index is -0.371. The Balaban J connectivity index is 1.84. The number of pyridine rings is 1. The summed E-state index contributed by atoms with van der Waals surface area (Å²) < 4.78 is 2.01. The van der Waals surface area contributed by atoms with Gasteiger partial charge in [0.05, 0.1) is 6.10 Å². The fraction of sp³-hybridized carbons (Fsp3) is 0.214. The lowest BCUT2D eigenvalue weighted by Gasteiger charge is -2.10. The summed E-state index contributed by atoms with van der Waals surface area (Å²) in [5.74, 6) is 0.675. The van der Waals surface area contributed by atoms with Crippen LogP contribution in [0.4, 0.5) is 0 Å². The Labute approximate surface area is 133 Å². The lowest BCUT2D eigenvalue weighted by atomic mass is 10.1. The number of halogens is 2. The van der Waals surface area contributed by atoms with Gasteiger partial charge in [-0.05, 0) is 51.8 Å². The Hall–Kier alpha value is -0.360. The highest BCUT2D eigenvalue weighted by molar-refractivity contribution is 9.10. The summed E-state index contributed by atoms with van der Waals surface area (Å²) in [6, 6.07) is 10.1. The summed E-state index contributed by atoms with van der Waals surface area (Å²) in [7, 11) is 0. The van der Waals surface area contributed by atoms with Crippen LogP contribution in [-0.4, -0.2) is 21.9 Å². The number of rotatable bonds is 5. The first-order valence-corrected chi connectivity index (χ1v) is 8.36. The zero-order chi connectivity index (χ0) is 13.7. The molecule has 0 bridgehead atoms. The largest absolute Gasteiger partial charge is 0.392 e. The summed E-state index contributed by atoms with van der Waals surface area (Å²) in [6.45, 7) is 0. The van der Waals surface area contributed by atoms with E-state index in [1.807, 2.05) is 30.3 Å². The molecule has 0 aliphatic heterocycles. The van der Waals surface area contributed by atoms with Crippen LogP contribution in [-0.2, 0) is 6.42 Å². The van der Waals surface area contributed by atoms with E-state index in [4.69, 9.17) is 0 Å². The lowest BCUT2D eigenvalue weighted by Crippen LogP contribution is -2.13. The van der Waals surface area contributed by atoms with Gasteiger partial charge in [0.25, 0.3) is 0 Å². The van der Waals surface area contributed by atoms with E-state index in [1.54, 1.807) is 24.2 Å². The summed E-state index contributed by atoms with van der Waals surface area (Å²) in [6.07, 6.45) is 3.78. The quantitative estimate of drug-likeness (QED) is 0.756. The van der Waals surface area contributed by atoms with Crippen molar-refractivity contribution in [3.05, 3.63) is 57.2 Å². The average molecular weight is 403 g/mol. The molecule has 2 rings (SSSR count). The van der Waals surface area contributed by atoms with Gasteiger partial charge in [-0.3, -0.25) is 4.98 Å². The molecule has 1 atom stereocenters. The highest BCUT2D eigenvalue weighted by Crippen LogP contribution is 2.22. The Morgan fingerprint density at radius 3 is 2.53 bits per heavy atom. The summed E-state index contributed by atoms with van der Waals surface area (Å²) in [5, 5.41) is 10.0. The maximum atomic E-state index is 10.0. The molecule has 1 N–H and O–H groups in total. The maximum Gasteiger partial charge on any atom is 0.0674 e. The van der Waals surface area contributed by atoms with E-state index in [9.17, 15) is 5.11 Å². The predicted molar refractivity (Wildman–Crippen MR) is 86.5 cm³/mol. The van der Waals surface area contributed by atoms with Gasteiger partial charge in [0, 0.05) is 38.4 Å². The highest BCUT2D eigenvalue weighted by Gasteiger charge is 2.07. The minimum Gasteiger partial charge on any atom is -0.392 e. The molecule has 1 unspecified atom stereocenters. The molecule has 0 amide bonds. The van der Waals surface area contributed by atoms with Crippen LogP contribution in [0.5, 0.6) is 0 Å². The van der Waals surface area contributed by atoms with Crippen molar-refractivity contribution in [2.24, 2.45) is 0 Å². The van der Waals surface area contributed by atoms with E-state index in [0.29, 0.717) is 12.2 Å². The molecule has 1 heterocycles. The number of aliphatic hydroxyl groups excluding tert-OH is 1. The van der Waals surface area contributed by atoms with Crippen LogP contribution in [0.3, 0.4) is 0 Å². The second-order valence-corrected chi connectivity index (χ2v) is 7.06. The van der Waals surface area contributed by atoms with E-state index in [0.717, 1.165) is 19.4 Å². The SMILES string of the molecule is OC(CSc1ccc(Br)cc1)Cc1cncc(Br)c1. The molecule has 0 saturated carbocycles. The molecular formula is C14H13Br2NOS. The maximum absolute atomic E-state index is 10.0. The van der Waals surface area contributed by atoms with Crippen molar-refractivity contribution in [2.45, 2.75) is 17.4 Å². The number of aromatic nitrogens is 1. The third-order valence-electron chi connectivity index (χ3n) is 2.49. The van der Waals surface area contributed by atoms with Crippen LogP contribution < -0.4 is 0 Å². The van der Waals surface area contributed by atoms with Crippen LogP contribution in [0, 0.1) is 0 Å². The number of hydrogen-bond donors (Lipinski definition) is 1. The molecule has 1 aromatic carbocycles. The molecule has 0 aliphatic carbocycles. The van der Waals surface area contributed by atoms with Crippen molar-refractivity contribution in [1.82, 2.24) is 4.98 Å². The zero-order valence-electron chi connectivity index (χ0n) is 10.1. The average Bonchev–Trinajstić information content (AvgIpc) is 2.38. The Morgan fingerprint density at radius 1 is 1.11 bits per heavy atom. The lowest BCUT2D eigenvalue weighted by molar-refractivity contribution is 0.200. The smallest absolute Gasteiger partial charge is 0.0674 e. The van der Waals surface area contributed by atoms with Gasteiger partial charge in [0.2, 0.25) is 0 Å². The van der Waals surface area contributed by atoms with Crippen LogP contribution in [0.25, 0.3) is 0 Å². The van der Waals surface area contributed by atoms with E-state index >= 15 is 0 Å². The van der Waals surface area contributed by atoms with E-state index in [-0.39, 0.29) is 6.10 Å². The number of thioether (sulfide) groups is 1. The molecule has 2 nitrogen and oxygen atoms in total. The first-order chi connectivity index (χ1) is 9.13. The van der Waals surface area contributed by atoms with Gasteiger partial charge in [-0.25, -0.2) is 0 Å². The molecule has 19 heavy (non-hydrogen) atoms. The normalized spacial score (nSPS) is 12.4. The molecule has 100 valence electrons. The second kappa shape index (κ2) is 7.43. The molecule has 0 fully saturated rings. The topological polar surface area (TPSA) is 33.1 Å². The molecule has 1 aromatic heterocycles. The molecule has 0 saturated heterocycles. The molecule has 5 heteroatoms. The van der Waals surface area contributed by atoms with Crippen LogP contribution in [0.1, 0.15) is 5.56 Å². The highest BCUT2D eigenvalue weighted by atomic mass is 79.9. The van der Waals surface area contributed by atoms with Gasteiger partial charge in [-0.1, -0.05) is 15.9 Å². The van der Waals surface area contributed by atoms with Gasteiger partial charge >= 0.3 is 0 Å². The van der Waals surface area contributed by atoms with E-state index in [1.165, 1.54) is 0 Å². The molecular weight excluding hydrogens is 390 g/mol. The molecule has 0 radical (unpaired) electrons. The van der Waals surface area contributed by atoms with Gasteiger partial charge < -0.3 is 5.11 Å². The van der Waals surface area contributed by atoms with Crippen molar-refractivity contribution in [1.29, 1.82) is 0 Å². The minimum absolute atomic E-state index is 0.371. The van der Waals surface area contributed by atoms with Crippen molar-refractivity contribution < 1.29 is 5.11 Å². The first-order valence-electron chi connectivity index (χ1n) is 5.79. The second-order valence-electron chi connectivity index (χ2n) is 4.13. The Kier molecular flexibility index (Phi) is 5.88. The number of hydrogen-bond acceptors (Lipinski definition) is 3. The van der Waals surface area contributed by atoms with Gasteiger partial charge in [-0.2, -0.15) is 0 Å². The van der Waals surface area contributed by atoms with E-state index in [2.05, 4.69) is 36.8 Å². The van der Waals surface area contributed by atoms with Crippen LogP contribution in [0.2, 0.25) is 0 Å². The van der Waals surface area contributed by atoms with Gasteiger partial charge in [0.1, 0.15) is 0 Å². The predicted octanol–water partition coefficient (Wildman–Crippen LogP) is 4.30. The van der Waals surface area contributed by atoms with E-state index < -0.39 is 0 Å². The number of aliphatic hydroxyl groups is 1. The number of benzene rings is 1. The van der Waals surface area contributed by atoms with Crippen molar-refractivity contribution >= 4 is 43.6 Å². The molecule has 2 aromatic rings. The van der Waals surface area contributed by atoms with Crippen LogP contribution >= 0.6 is 43.6 Å². The Bertz CT molecular complexity index is 533. The number of nitrogens with zero attached hydrogens (tertiary/aromatic N) is 1. The fourth-order valence-corrected chi connectivity index (χ4v) is 3.13. The van der Waals surface area contributed by atoms with Crippen molar-refractivity contribution in [2.75, 3.05) is 5.75 Å². The van der Waals surface area contributed by atoms with Crippen molar-refractivity contribution in [3.63, 3.8) is 0 Å².